The number of carbonyl (C=O) groups excluding carboxylic acids is 4. The molecular weight excluding hydrogens is 522 g/mol. The van der Waals surface area contributed by atoms with E-state index in [1.54, 1.807) is 33.4 Å². The lowest BCUT2D eigenvalue weighted by atomic mass is 9.85. The summed E-state index contributed by atoms with van der Waals surface area (Å²) in [6.07, 6.45) is 7.29. The number of hydrogen-bond acceptors (Lipinski definition) is 7. The number of allylic oxidation sites excluding steroid dienone is 3. The van der Waals surface area contributed by atoms with Crippen molar-refractivity contribution in [2.24, 2.45) is 22.6 Å². The lowest BCUT2D eigenvalue weighted by Crippen LogP contribution is -2.57. The largest absolute Gasteiger partial charge is 0.451 e. The van der Waals surface area contributed by atoms with Gasteiger partial charge in [0.15, 0.2) is 5.78 Å². The first-order chi connectivity index (χ1) is 19.4. The number of nitrogens with zero attached hydrogens (tertiary/aromatic N) is 2. The molecule has 2 heterocycles. The second-order valence-electron chi connectivity index (χ2n) is 11.1. The van der Waals surface area contributed by atoms with E-state index >= 15 is 0 Å². The molecule has 41 heavy (non-hydrogen) atoms. The maximum Gasteiger partial charge on any atom is 0.451 e. The summed E-state index contributed by atoms with van der Waals surface area (Å²) in [5, 5.41) is 0. The number of Topliss-reactive ketones (excluding diaryl/α,β-unsaturated/α-hetero) is 1. The summed E-state index contributed by atoms with van der Waals surface area (Å²) in [6.45, 7) is 10.1. The number of aliphatic imine (C=N–C) groups is 1. The molecule has 2 aliphatic heterocycles. The molecule has 1 saturated heterocycles. The van der Waals surface area contributed by atoms with Crippen LogP contribution in [0.15, 0.2) is 59.3 Å². The molecule has 1 aromatic rings. The first kappa shape index (κ1) is 33.7. The number of ether oxygens (including phenoxy) is 2. The van der Waals surface area contributed by atoms with Crippen molar-refractivity contribution in [1.29, 1.82) is 0 Å². The zero-order valence-corrected chi connectivity index (χ0v) is 25.2. The van der Waals surface area contributed by atoms with Crippen molar-refractivity contribution in [2.45, 2.75) is 78.2 Å². The zero-order chi connectivity index (χ0) is 30.7. The Labute approximate surface area is 243 Å². The van der Waals surface area contributed by atoms with Crippen LogP contribution in [0.5, 0.6) is 0 Å². The van der Waals surface area contributed by atoms with Crippen LogP contribution in [0.2, 0.25) is 0 Å². The van der Waals surface area contributed by atoms with Crippen molar-refractivity contribution in [2.75, 3.05) is 14.2 Å². The summed E-state index contributed by atoms with van der Waals surface area (Å²) in [5.74, 6) is 2.91. The predicted octanol–water partition coefficient (Wildman–Crippen LogP) is 5.15. The number of methoxy groups -OCH3 is 1. The highest BCUT2D eigenvalue weighted by atomic mass is 16.6. The van der Waals surface area contributed by atoms with Crippen LogP contribution < -0.4 is 5.73 Å². The number of aldehydes is 1. The monoisotopic (exact) mass is 566 g/mol. The van der Waals surface area contributed by atoms with Gasteiger partial charge in [0.1, 0.15) is 30.4 Å². The average Bonchev–Trinajstić information content (AvgIpc) is 3.30. The number of amides is 2. The fourth-order valence-corrected chi connectivity index (χ4v) is 4.94. The number of rotatable bonds is 11. The molecule has 6 unspecified atom stereocenters. The summed E-state index contributed by atoms with van der Waals surface area (Å²) in [4.78, 5) is 49.5. The Kier molecular flexibility index (Phi) is 12.7. The van der Waals surface area contributed by atoms with Gasteiger partial charge < -0.3 is 15.2 Å². The van der Waals surface area contributed by atoms with Crippen LogP contribution in [0.4, 0.5) is 4.79 Å². The lowest BCUT2D eigenvalue weighted by Gasteiger charge is -2.35. The Morgan fingerprint density at radius 2 is 1.90 bits per heavy atom. The quantitative estimate of drug-likeness (QED) is 0.0981. The van der Waals surface area contributed by atoms with Crippen molar-refractivity contribution >= 4 is 29.9 Å². The van der Waals surface area contributed by atoms with Gasteiger partial charge in [-0.3, -0.25) is 9.59 Å². The van der Waals surface area contributed by atoms with Crippen molar-refractivity contribution in [3.63, 3.8) is 0 Å². The standard InChI is InChI=1S/C21H29N3O5.C11H14O/c1-5-14(2)11-17-16(12-15(13-26)7-6-10-25)19(28-4)20(29-17)24(3)9-8-18(22)23-21(24)27;1-8(2)10-4-6-11(7-5-10)9(3)12/h6-10,14,16-17,19-20H,5,11-12H2,1-4H3,(H-,22,23,27);4-8H,1-3H3/p+1/b7-6-;. The number of nitrogens with two attached hydrogens (primary N) is 1. The smallest absolute Gasteiger partial charge is 0.383 e. The normalized spacial score (nSPS) is 26.2. The number of likely N-dealkylation sites (N-methyl/N-ethyl adjacent to an activating group) is 1. The SMILES string of the molecule is CC(=O)c1ccc(C(C)C)cc1.CCC(C)CC1OC([N+]2(C)C=CC(N)=NC2=O)C(OC)C1CC(=C=O)/C=C\C=O. The first-order valence-electron chi connectivity index (χ1n) is 14.0. The summed E-state index contributed by atoms with van der Waals surface area (Å²) < 4.78 is 11.9. The molecule has 0 aliphatic carbocycles. The Bertz CT molecular complexity index is 1210. The molecule has 9 nitrogen and oxygen atoms in total. The van der Waals surface area contributed by atoms with E-state index in [-0.39, 0.29) is 28.1 Å². The van der Waals surface area contributed by atoms with Gasteiger partial charge in [-0.2, -0.15) is 4.48 Å². The second kappa shape index (κ2) is 15.5. The highest BCUT2D eigenvalue weighted by Crippen LogP contribution is 2.41. The van der Waals surface area contributed by atoms with Crippen molar-refractivity contribution in [3.8, 4) is 0 Å². The fraction of sp³-hybridized carbons (Fsp3) is 0.500. The van der Waals surface area contributed by atoms with Crippen molar-refractivity contribution in [3.05, 3.63) is 65.4 Å². The summed E-state index contributed by atoms with van der Waals surface area (Å²) in [7, 11) is 3.27. The molecule has 0 bridgehead atoms. The number of carbonyl (C=O) groups is 3. The van der Waals surface area contributed by atoms with Gasteiger partial charge in [0.25, 0.3) is 0 Å². The molecule has 0 radical (unpaired) electrons. The first-order valence-corrected chi connectivity index (χ1v) is 14.0. The van der Waals surface area contributed by atoms with Gasteiger partial charge in [-0.1, -0.05) is 58.4 Å². The van der Waals surface area contributed by atoms with Crippen LogP contribution in [0.3, 0.4) is 0 Å². The third-order valence-electron chi connectivity index (χ3n) is 7.77. The van der Waals surface area contributed by atoms with Gasteiger partial charge in [0, 0.05) is 30.2 Å². The molecular formula is C32H44N3O6+. The van der Waals surface area contributed by atoms with E-state index < -0.39 is 18.4 Å². The van der Waals surface area contributed by atoms with E-state index in [4.69, 9.17) is 15.2 Å². The fourth-order valence-electron chi connectivity index (χ4n) is 4.94. The summed E-state index contributed by atoms with van der Waals surface area (Å²) in [5.41, 5.74) is 8.08. The number of amidine groups is 1. The lowest BCUT2D eigenvalue weighted by molar-refractivity contribution is -0.835. The predicted molar refractivity (Wildman–Crippen MR) is 159 cm³/mol. The second-order valence-corrected chi connectivity index (χ2v) is 11.1. The third kappa shape index (κ3) is 8.75. The molecule has 222 valence electrons. The Morgan fingerprint density at radius 3 is 2.39 bits per heavy atom. The van der Waals surface area contributed by atoms with Gasteiger partial charge in [-0.15, -0.1) is 4.99 Å². The van der Waals surface area contributed by atoms with E-state index in [1.165, 1.54) is 17.7 Å². The van der Waals surface area contributed by atoms with Crippen LogP contribution in [-0.4, -0.2) is 67.0 Å². The molecule has 3 rings (SSSR count). The van der Waals surface area contributed by atoms with Gasteiger partial charge in [0.2, 0.25) is 6.23 Å². The molecule has 0 saturated carbocycles. The summed E-state index contributed by atoms with van der Waals surface area (Å²) >= 11 is 0. The number of quaternary nitrogens is 1. The minimum absolute atomic E-state index is 0.130. The van der Waals surface area contributed by atoms with Crippen LogP contribution in [0, 0.1) is 11.8 Å². The van der Waals surface area contributed by atoms with E-state index in [0.29, 0.717) is 30.1 Å². The third-order valence-corrected chi connectivity index (χ3v) is 7.77. The van der Waals surface area contributed by atoms with Crippen molar-refractivity contribution < 1.29 is 33.1 Å². The van der Waals surface area contributed by atoms with Crippen LogP contribution in [-0.2, 0) is 19.1 Å². The molecule has 2 N–H and O–H groups in total. The van der Waals surface area contributed by atoms with Crippen LogP contribution >= 0.6 is 0 Å². The van der Waals surface area contributed by atoms with Gasteiger partial charge >= 0.3 is 6.03 Å². The highest BCUT2D eigenvalue weighted by Gasteiger charge is 2.56. The maximum absolute atomic E-state index is 12.7. The highest BCUT2D eigenvalue weighted by molar-refractivity contribution is 5.99. The van der Waals surface area contributed by atoms with Gasteiger partial charge in [-0.25, -0.2) is 9.59 Å². The van der Waals surface area contributed by atoms with E-state index in [0.717, 1.165) is 18.4 Å². The molecule has 2 aliphatic rings. The Hall–Kier alpha value is -3.49. The van der Waals surface area contributed by atoms with E-state index in [2.05, 4.69) is 32.7 Å². The zero-order valence-electron chi connectivity index (χ0n) is 25.2. The molecule has 9 heteroatoms. The molecule has 1 fully saturated rings. The van der Waals surface area contributed by atoms with E-state index in [1.807, 2.05) is 30.2 Å². The molecule has 0 aromatic heterocycles. The number of hydrogen-bond donors (Lipinski definition) is 1. The Balaban J connectivity index is 0.000000408. The van der Waals surface area contributed by atoms with Gasteiger partial charge in [0.05, 0.1) is 13.2 Å². The van der Waals surface area contributed by atoms with Crippen LogP contribution in [0.1, 0.15) is 75.7 Å². The van der Waals surface area contributed by atoms with Gasteiger partial charge in [-0.05, 0) is 49.3 Å². The van der Waals surface area contributed by atoms with Crippen molar-refractivity contribution in [1.82, 2.24) is 0 Å². The topological polar surface area (TPSA) is 125 Å². The average molecular weight is 567 g/mol. The van der Waals surface area contributed by atoms with Crippen LogP contribution in [0.25, 0.3) is 0 Å². The Morgan fingerprint density at radius 1 is 1.24 bits per heavy atom. The molecule has 2 amide bonds. The number of benzene rings is 1. The maximum atomic E-state index is 12.7. The minimum atomic E-state index is -0.636. The molecule has 1 aromatic carbocycles. The van der Waals surface area contributed by atoms with E-state index in [9.17, 15) is 19.2 Å². The summed E-state index contributed by atoms with van der Waals surface area (Å²) in [6, 6.07) is 7.37. The number of urea groups is 1. The molecule has 6 atom stereocenters. The number of ketones is 1. The minimum Gasteiger partial charge on any atom is -0.383 e. The molecule has 0 spiro atoms.